The van der Waals surface area contributed by atoms with Crippen LogP contribution >= 0.6 is 0 Å². The van der Waals surface area contributed by atoms with Crippen LogP contribution in [-0.4, -0.2) is 20.1 Å². The van der Waals surface area contributed by atoms with E-state index in [1.807, 2.05) is 12.1 Å². The molecule has 86 valence electrons. The number of nitrogens with one attached hydrogen (secondary N) is 1. The van der Waals surface area contributed by atoms with Crippen molar-refractivity contribution in [3.05, 3.63) is 30.0 Å². The molecule has 0 saturated carbocycles. The van der Waals surface area contributed by atoms with Crippen LogP contribution in [0.3, 0.4) is 0 Å². The Kier molecular flexibility index (Phi) is 4.39. The van der Waals surface area contributed by atoms with E-state index in [4.69, 9.17) is 9.47 Å². The van der Waals surface area contributed by atoms with E-state index in [1.165, 1.54) is 6.92 Å². The molecule has 1 rings (SSSR count). The summed E-state index contributed by atoms with van der Waals surface area (Å²) in [5, 5.41) is 2.57. The first-order valence-electron chi connectivity index (χ1n) is 4.83. The Morgan fingerprint density at radius 1 is 1.31 bits per heavy atom. The van der Waals surface area contributed by atoms with Gasteiger partial charge in [0.05, 0.1) is 14.2 Å². The quantitative estimate of drug-likeness (QED) is 0.843. The van der Waals surface area contributed by atoms with Gasteiger partial charge in [-0.05, 0) is 18.2 Å². The fourth-order valence-electron chi connectivity index (χ4n) is 1.20. The van der Waals surface area contributed by atoms with Crippen molar-refractivity contribution in [1.29, 1.82) is 0 Å². The van der Waals surface area contributed by atoms with Gasteiger partial charge in [-0.1, -0.05) is 0 Å². The van der Waals surface area contributed by atoms with Crippen molar-refractivity contribution in [1.82, 2.24) is 5.32 Å². The lowest BCUT2D eigenvalue weighted by Crippen LogP contribution is -2.11. The molecule has 0 fully saturated rings. The number of carbonyl (C=O) groups is 1. The SMILES string of the molecule is COc1ccc(/C=C/NC(C)=O)c(OC)c1. The van der Waals surface area contributed by atoms with E-state index in [0.717, 1.165) is 11.3 Å². The van der Waals surface area contributed by atoms with Gasteiger partial charge in [-0.25, -0.2) is 0 Å². The molecule has 0 aromatic heterocycles. The Balaban J connectivity index is 2.87. The standard InChI is InChI=1S/C12H15NO3/c1-9(14)13-7-6-10-4-5-11(15-2)8-12(10)16-3/h4-8H,1-3H3,(H,13,14)/b7-6+. The summed E-state index contributed by atoms with van der Waals surface area (Å²) in [6, 6.07) is 5.47. The smallest absolute Gasteiger partial charge is 0.220 e. The molecule has 1 aromatic rings. The summed E-state index contributed by atoms with van der Waals surface area (Å²) in [7, 11) is 3.19. The Morgan fingerprint density at radius 3 is 2.62 bits per heavy atom. The number of hydrogen-bond acceptors (Lipinski definition) is 3. The van der Waals surface area contributed by atoms with Crippen LogP contribution in [0.25, 0.3) is 6.08 Å². The van der Waals surface area contributed by atoms with Crippen molar-refractivity contribution < 1.29 is 14.3 Å². The van der Waals surface area contributed by atoms with Gasteiger partial charge >= 0.3 is 0 Å². The first-order valence-corrected chi connectivity index (χ1v) is 4.83. The maximum atomic E-state index is 10.7. The van der Waals surface area contributed by atoms with Crippen LogP contribution in [0.4, 0.5) is 0 Å². The summed E-state index contributed by atoms with van der Waals surface area (Å²) >= 11 is 0. The van der Waals surface area contributed by atoms with E-state index < -0.39 is 0 Å². The van der Waals surface area contributed by atoms with Crippen LogP contribution in [-0.2, 0) is 4.79 Å². The summed E-state index contributed by atoms with van der Waals surface area (Å²) in [6.07, 6.45) is 3.34. The largest absolute Gasteiger partial charge is 0.497 e. The predicted octanol–water partition coefficient (Wildman–Crippen LogP) is 1.81. The molecular formula is C12H15NO3. The van der Waals surface area contributed by atoms with Crippen molar-refractivity contribution >= 4 is 12.0 Å². The molecular weight excluding hydrogens is 206 g/mol. The number of amides is 1. The number of hydrogen-bond donors (Lipinski definition) is 1. The normalized spacial score (nSPS) is 10.2. The maximum absolute atomic E-state index is 10.7. The summed E-state index contributed by atoms with van der Waals surface area (Å²) in [5.74, 6) is 1.32. The highest BCUT2D eigenvalue weighted by Crippen LogP contribution is 2.25. The van der Waals surface area contributed by atoms with E-state index in [-0.39, 0.29) is 5.91 Å². The van der Waals surface area contributed by atoms with E-state index >= 15 is 0 Å². The van der Waals surface area contributed by atoms with Gasteiger partial charge in [0.2, 0.25) is 5.91 Å². The lowest BCUT2D eigenvalue weighted by atomic mass is 10.2. The van der Waals surface area contributed by atoms with Crippen LogP contribution < -0.4 is 14.8 Å². The molecule has 0 unspecified atom stereocenters. The second-order valence-corrected chi connectivity index (χ2v) is 3.14. The highest BCUT2D eigenvalue weighted by atomic mass is 16.5. The molecule has 0 saturated heterocycles. The highest BCUT2D eigenvalue weighted by molar-refractivity contribution is 5.75. The minimum absolute atomic E-state index is 0.108. The van der Waals surface area contributed by atoms with E-state index in [2.05, 4.69) is 5.32 Å². The Labute approximate surface area is 94.9 Å². The van der Waals surface area contributed by atoms with Crippen LogP contribution in [0.5, 0.6) is 11.5 Å². The summed E-state index contributed by atoms with van der Waals surface area (Å²) in [5.41, 5.74) is 0.872. The third kappa shape index (κ3) is 3.31. The molecule has 0 aliphatic rings. The van der Waals surface area contributed by atoms with E-state index in [9.17, 15) is 4.79 Å². The molecule has 1 N–H and O–H groups in total. The highest BCUT2D eigenvalue weighted by Gasteiger charge is 2.01. The fraction of sp³-hybridized carbons (Fsp3) is 0.250. The average Bonchev–Trinajstić information content (AvgIpc) is 2.29. The van der Waals surface area contributed by atoms with E-state index in [0.29, 0.717) is 5.75 Å². The molecule has 1 aromatic carbocycles. The van der Waals surface area contributed by atoms with Gasteiger partial charge < -0.3 is 14.8 Å². The fourth-order valence-corrected chi connectivity index (χ4v) is 1.20. The monoisotopic (exact) mass is 221 g/mol. The van der Waals surface area contributed by atoms with Crippen LogP contribution in [0.1, 0.15) is 12.5 Å². The topological polar surface area (TPSA) is 47.6 Å². The maximum Gasteiger partial charge on any atom is 0.220 e. The Bertz CT molecular complexity index is 399. The molecule has 0 heterocycles. The van der Waals surface area contributed by atoms with Crippen molar-refractivity contribution in [3.8, 4) is 11.5 Å². The number of rotatable bonds is 4. The zero-order chi connectivity index (χ0) is 12.0. The molecule has 0 bridgehead atoms. The van der Waals surface area contributed by atoms with Crippen molar-refractivity contribution in [2.45, 2.75) is 6.92 Å². The van der Waals surface area contributed by atoms with Crippen LogP contribution in [0.15, 0.2) is 24.4 Å². The van der Waals surface area contributed by atoms with Gasteiger partial charge in [-0.3, -0.25) is 4.79 Å². The predicted molar refractivity (Wildman–Crippen MR) is 62.4 cm³/mol. The minimum atomic E-state index is -0.108. The Morgan fingerprint density at radius 2 is 2.06 bits per heavy atom. The third-order valence-electron chi connectivity index (χ3n) is 1.99. The van der Waals surface area contributed by atoms with E-state index in [1.54, 1.807) is 32.6 Å². The molecule has 0 aliphatic carbocycles. The van der Waals surface area contributed by atoms with Gasteiger partial charge in [0.25, 0.3) is 0 Å². The average molecular weight is 221 g/mol. The number of ether oxygens (including phenoxy) is 2. The van der Waals surface area contributed by atoms with Gasteiger partial charge in [-0.15, -0.1) is 0 Å². The first kappa shape index (κ1) is 12.1. The number of carbonyl (C=O) groups excluding carboxylic acids is 1. The zero-order valence-electron chi connectivity index (χ0n) is 9.61. The lowest BCUT2D eigenvalue weighted by Gasteiger charge is -2.07. The molecule has 1 amide bonds. The molecule has 4 heteroatoms. The first-order chi connectivity index (χ1) is 7.67. The van der Waals surface area contributed by atoms with Gasteiger partial charge in [-0.2, -0.15) is 0 Å². The summed E-state index contributed by atoms with van der Waals surface area (Å²) < 4.78 is 10.3. The zero-order valence-corrected chi connectivity index (χ0v) is 9.61. The number of benzene rings is 1. The molecule has 16 heavy (non-hydrogen) atoms. The van der Waals surface area contributed by atoms with Gasteiger partial charge in [0.15, 0.2) is 0 Å². The molecule has 0 aliphatic heterocycles. The van der Waals surface area contributed by atoms with Gasteiger partial charge in [0.1, 0.15) is 11.5 Å². The van der Waals surface area contributed by atoms with Crippen LogP contribution in [0, 0.1) is 0 Å². The third-order valence-corrected chi connectivity index (χ3v) is 1.99. The van der Waals surface area contributed by atoms with Crippen LogP contribution in [0.2, 0.25) is 0 Å². The summed E-state index contributed by atoms with van der Waals surface area (Å²) in [4.78, 5) is 10.7. The lowest BCUT2D eigenvalue weighted by molar-refractivity contribution is -0.118. The molecule has 0 radical (unpaired) electrons. The minimum Gasteiger partial charge on any atom is -0.497 e. The van der Waals surface area contributed by atoms with Crippen molar-refractivity contribution in [2.24, 2.45) is 0 Å². The molecule has 0 spiro atoms. The van der Waals surface area contributed by atoms with Gasteiger partial charge in [0, 0.05) is 24.8 Å². The number of methoxy groups -OCH3 is 2. The molecule has 4 nitrogen and oxygen atoms in total. The molecule has 0 atom stereocenters. The van der Waals surface area contributed by atoms with Crippen molar-refractivity contribution in [3.63, 3.8) is 0 Å². The summed E-state index contributed by atoms with van der Waals surface area (Å²) in [6.45, 7) is 1.45. The second kappa shape index (κ2) is 5.80. The second-order valence-electron chi connectivity index (χ2n) is 3.14. The van der Waals surface area contributed by atoms with Crippen molar-refractivity contribution in [2.75, 3.05) is 14.2 Å². The Hall–Kier alpha value is -1.97.